The van der Waals surface area contributed by atoms with Gasteiger partial charge >= 0.3 is 0 Å². The molecule has 0 aromatic carbocycles. The van der Waals surface area contributed by atoms with Crippen LogP contribution in [0.3, 0.4) is 0 Å². The summed E-state index contributed by atoms with van der Waals surface area (Å²) in [6, 6.07) is 1.16. The molecule has 0 aromatic heterocycles. The average Bonchev–Trinajstić information content (AvgIpc) is 2.55. The molecule has 104 valence electrons. The second kappa shape index (κ2) is 6.53. The molecule has 2 saturated heterocycles. The first-order valence-corrected chi connectivity index (χ1v) is 7.42. The summed E-state index contributed by atoms with van der Waals surface area (Å²) in [5, 5.41) is 3.19. The molecule has 1 N–H and O–H groups in total. The van der Waals surface area contributed by atoms with E-state index < -0.39 is 0 Å². The third-order valence-electron chi connectivity index (χ3n) is 4.18. The van der Waals surface area contributed by atoms with E-state index in [0.29, 0.717) is 18.6 Å². The van der Waals surface area contributed by atoms with Gasteiger partial charge in [-0.1, -0.05) is 6.42 Å². The summed E-state index contributed by atoms with van der Waals surface area (Å²) in [6.07, 6.45) is 4.95. The van der Waals surface area contributed by atoms with Gasteiger partial charge in [-0.15, -0.1) is 0 Å². The van der Waals surface area contributed by atoms with Crippen LogP contribution in [0.25, 0.3) is 0 Å². The van der Waals surface area contributed by atoms with Gasteiger partial charge in [-0.05, 0) is 46.2 Å². The van der Waals surface area contributed by atoms with Crippen molar-refractivity contribution in [1.29, 1.82) is 0 Å². The predicted octanol–water partition coefficient (Wildman–Crippen LogP) is 1.07. The number of hydrogen-bond acceptors (Lipinski definition) is 3. The number of piperidine rings is 1. The lowest BCUT2D eigenvalue weighted by atomic mass is 9.99. The quantitative estimate of drug-likeness (QED) is 0.817. The number of hydrogen-bond donors (Lipinski definition) is 1. The number of nitrogens with zero attached hydrogens (tertiary/aromatic N) is 2. The van der Waals surface area contributed by atoms with E-state index in [9.17, 15) is 4.79 Å². The van der Waals surface area contributed by atoms with Crippen molar-refractivity contribution < 1.29 is 4.79 Å². The highest BCUT2D eigenvalue weighted by Gasteiger charge is 2.28. The lowest BCUT2D eigenvalue weighted by Crippen LogP contribution is -2.51. The van der Waals surface area contributed by atoms with Crippen molar-refractivity contribution in [2.75, 3.05) is 32.7 Å². The van der Waals surface area contributed by atoms with Crippen molar-refractivity contribution in [3.8, 4) is 0 Å². The minimum Gasteiger partial charge on any atom is -0.340 e. The van der Waals surface area contributed by atoms with E-state index in [1.54, 1.807) is 0 Å². The summed E-state index contributed by atoms with van der Waals surface area (Å²) in [7, 11) is 0. The van der Waals surface area contributed by atoms with Gasteiger partial charge < -0.3 is 10.2 Å². The maximum atomic E-state index is 12.0. The standard InChI is InChI=1S/C14H27N3O/c1-12(2)17-9-4-3-6-13(17)11-16-8-5-7-15-10-14(16)18/h12-13,15H,3-11H2,1-2H3. The van der Waals surface area contributed by atoms with Gasteiger partial charge in [0.1, 0.15) is 0 Å². The van der Waals surface area contributed by atoms with Gasteiger partial charge in [-0.2, -0.15) is 0 Å². The molecular weight excluding hydrogens is 226 g/mol. The molecule has 2 rings (SSSR count). The number of carbonyl (C=O) groups excluding carboxylic acids is 1. The average molecular weight is 253 g/mol. The van der Waals surface area contributed by atoms with Crippen LogP contribution < -0.4 is 5.32 Å². The van der Waals surface area contributed by atoms with Crippen LogP contribution in [-0.2, 0) is 4.79 Å². The largest absolute Gasteiger partial charge is 0.340 e. The molecule has 2 aliphatic heterocycles. The van der Waals surface area contributed by atoms with Crippen LogP contribution in [0.15, 0.2) is 0 Å². The Balaban J connectivity index is 1.94. The van der Waals surface area contributed by atoms with Crippen molar-refractivity contribution in [3.05, 3.63) is 0 Å². The Hall–Kier alpha value is -0.610. The molecule has 4 nitrogen and oxygen atoms in total. The molecule has 1 atom stereocenters. The van der Waals surface area contributed by atoms with Crippen LogP contribution in [0.2, 0.25) is 0 Å². The van der Waals surface area contributed by atoms with E-state index in [1.807, 2.05) is 0 Å². The molecule has 0 aliphatic carbocycles. The lowest BCUT2D eigenvalue weighted by Gasteiger charge is -2.41. The van der Waals surface area contributed by atoms with Gasteiger partial charge in [0.2, 0.25) is 5.91 Å². The summed E-state index contributed by atoms with van der Waals surface area (Å²) in [4.78, 5) is 16.7. The van der Waals surface area contributed by atoms with Crippen LogP contribution in [0, 0.1) is 0 Å². The van der Waals surface area contributed by atoms with E-state index in [2.05, 4.69) is 29.0 Å². The molecule has 0 saturated carbocycles. The van der Waals surface area contributed by atoms with Crippen molar-refractivity contribution in [2.45, 2.75) is 51.6 Å². The first-order chi connectivity index (χ1) is 8.68. The van der Waals surface area contributed by atoms with Gasteiger partial charge in [0.25, 0.3) is 0 Å². The molecule has 18 heavy (non-hydrogen) atoms. The van der Waals surface area contributed by atoms with E-state index in [4.69, 9.17) is 0 Å². The normalized spacial score (nSPS) is 27.6. The molecule has 2 fully saturated rings. The summed E-state index contributed by atoms with van der Waals surface area (Å²) >= 11 is 0. The van der Waals surface area contributed by atoms with Crippen molar-refractivity contribution in [3.63, 3.8) is 0 Å². The second-order valence-corrected chi connectivity index (χ2v) is 5.85. The maximum absolute atomic E-state index is 12.0. The topological polar surface area (TPSA) is 35.6 Å². The van der Waals surface area contributed by atoms with Crippen LogP contribution in [0.4, 0.5) is 0 Å². The van der Waals surface area contributed by atoms with Gasteiger partial charge in [-0.3, -0.25) is 9.69 Å². The molecule has 2 heterocycles. The van der Waals surface area contributed by atoms with E-state index >= 15 is 0 Å². The summed E-state index contributed by atoms with van der Waals surface area (Å²) in [5.41, 5.74) is 0. The fourth-order valence-electron chi connectivity index (χ4n) is 3.17. The monoisotopic (exact) mass is 253 g/mol. The molecular formula is C14H27N3O. The minimum atomic E-state index is 0.279. The first kappa shape index (κ1) is 13.8. The van der Waals surface area contributed by atoms with Gasteiger partial charge in [0, 0.05) is 25.2 Å². The molecule has 0 aromatic rings. The summed E-state index contributed by atoms with van der Waals surface area (Å²) in [6.45, 7) is 9.08. The molecule has 0 radical (unpaired) electrons. The number of likely N-dealkylation sites (tertiary alicyclic amines) is 1. The SMILES string of the molecule is CC(C)N1CCCCC1CN1CCCNCC1=O. The maximum Gasteiger partial charge on any atom is 0.236 e. The fourth-order valence-corrected chi connectivity index (χ4v) is 3.17. The van der Waals surface area contributed by atoms with Gasteiger partial charge in [0.05, 0.1) is 6.54 Å². The minimum absolute atomic E-state index is 0.279. The Kier molecular flexibility index (Phi) is 5.01. The Labute approximate surface area is 111 Å². The smallest absolute Gasteiger partial charge is 0.236 e. The Morgan fingerprint density at radius 3 is 2.89 bits per heavy atom. The third-order valence-corrected chi connectivity index (χ3v) is 4.18. The van der Waals surface area contributed by atoms with Gasteiger partial charge in [0.15, 0.2) is 0 Å². The second-order valence-electron chi connectivity index (χ2n) is 5.85. The Bertz CT molecular complexity index is 280. The van der Waals surface area contributed by atoms with E-state index in [1.165, 1.54) is 25.8 Å². The van der Waals surface area contributed by atoms with Crippen molar-refractivity contribution >= 4 is 5.91 Å². The number of nitrogens with one attached hydrogen (secondary N) is 1. The third kappa shape index (κ3) is 3.45. The zero-order valence-corrected chi connectivity index (χ0v) is 11.8. The number of carbonyl (C=O) groups is 1. The zero-order valence-electron chi connectivity index (χ0n) is 11.8. The van der Waals surface area contributed by atoms with E-state index in [-0.39, 0.29) is 5.91 Å². The molecule has 0 spiro atoms. The number of rotatable bonds is 3. The fraction of sp³-hybridized carbons (Fsp3) is 0.929. The zero-order chi connectivity index (χ0) is 13.0. The highest BCUT2D eigenvalue weighted by Crippen LogP contribution is 2.20. The highest BCUT2D eigenvalue weighted by atomic mass is 16.2. The summed E-state index contributed by atoms with van der Waals surface area (Å²) in [5.74, 6) is 0.279. The van der Waals surface area contributed by atoms with Crippen LogP contribution >= 0.6 is 0 Å². The molecule has 4 heteroatoms. The highest BCUT2D eigenvalue weighted by molar-refractivity contribution is 5.78. The number of amides is 1. The molecule has 0 bridgehead atoms. The van der Waals surface area contributed by atoms with Crippen LogP contribution in [0.5, 0.6) is 0 Å². The molecule has 2 aliphatic rings. The van der Waals surface area contributed by atoms with Crippen molar-refractivity contribution in [2.24, 2.45) is 0 Å². The van der Waals surface area contributed by atoms with Gasteiger partial charge in [-0.25, -0.2) is 0 Å². The van der Waals surface area contributed by atoms with Crippen LogP contribution in [0.1, 0.15) is 39.5 Å². The molecule has 1 unspecified atom stereocenters. The Morgan fingerprint density at radius 1 is 1.28 bits per heavy atom. The lowest BCUT2D eigenvalue weighted by molar-refractivity contribution is -0.130. The first-order valence-electron chi connectivity index (χ1n) is 7.42. The predicted molar refractivity (Wildman–Crippen MR) is 73.5 cm³/mol. The summed E-state index contributed by atoms with van der Waals surface area (Å²) < 4.78 is 0. The molecule has 1 amide bonds. The van der Waals surface area contributed by atoms with Crippen LogP contribution in [-0.4, -0.2) is 60.5 Å². The van der Waals surface area contributed by atoms with E-state index in [0.717, 1.165) is 26.1 Å². The van der Waals surface area contributed by atoms with Crippen molar-refractivity contribution in [1.82, 2.24) is 15.1 Å². The Morgan fingerprint density at radius 2 is 2.11 bits per heavy atom.